The molecular weight excluding hydrogens is 298 g/mol. The molecule has 0 radical (unpaired) electrons. The fourth-order valence-corrected chi connectivity index (χ4v) is 3.64. The third-order valence-electron chi connectivity index (χ3n) is 4.19. The van der Waals surface area contributed by atoms with Gasteiger partial charge in [0.25, 0.3) is 0 Å². The molecule has 2 aliphatic rings. The van der Waals surface area contributed by atoms with Gasteiger partial charge < -0.3 is 15.1 Å². The number of fused-ring (bicyclic) bond motifs is 1. The number of likely N-dealkylation sites (N-methyl/N-ethyl adjacent to an activating group) is 1. The number of thioether (sulfide) groups is 1. The van der Waals surface area contributed by atoms with E-state index >= 15 is 0 Å². The van der Waals surface area contributed by atoms with E-state index in [0.717, 1.165) is 42.3 Å². The first kappa shape index (κ1) is 15.4. The normalized spacial score (nSPS) is 22.2. The van der Waals surface area contributed by atoms with E-state index in [9.17, 15) is 9.59 Å². The van der Waals surface area contributed by atoms with Gasteiger partial charge in [0, 0.05) is 31.1 Å². The predicted octanol–water partition coefficient (Wildman–Crippen LogP) is 1.44. The van der Waals surface area contributed by atoms with Crippen LogP contribution in [-0.4, -0.2) is 60.1 Å². The van der Waals surface area contributed by atoms with Crippen LogP contribution in [0.3, 0.4) is 0 Å². The van der Waals surface area contributed by atoms with E-state index in [2.05, 4.69) is 17.3 Å². The topological polar surface area (TPSA) is 52.7 Å². The first-order chi connectivity index (χ1) is 10.5. The smallest absolute Gasteiger partial charge is 0.237 e. The lowest BCUT2D eigenvalue weighted by Crippen LogP contribution is -2.47. The number of rotatable bonds is 2. The van der Waals surface area contributed by atoms with E-state index in [1.165, 1.54) is 0 Å². The van der Waals surface area contributed by atoms with Crippen LogP contribution in [0.15, 0.2) is 23.1 Å². The number of hydrogen-bond acceptors (Lipinski definition) is 4. The van der Waals surface area contributed by atoms with Crippen LogP contribution in [-0.2, 0) is 16.0 Å². The van der Waals surface area contributed by atoms with Crippen molar-refractivity contribution in [2.75, 3.05) is 38.5 Å². The summed E-state index contributed by atoms with van der Waals surface area (Å²) in [6.07, 6.45) is 0.396. The number of nitrogens with one attached hydrogen (secondary N) is 1. The number of carbonyl (C=O) groups excluding carboxylic acids is 2. The average molecular weight is 319 g/mol. The molecule has 2 heterocycles. The van der Waals surface area contributed by atoms with Gasteiger partial charge in [0.15, 0.2) is 0 Å². The molecule has 1 unspecified atom stereocenters. The van der Waals surface area contributed by atoms with Crippen LogP contribution in [0.2, 0.25) is 0 Å². The molecule has 1 aromatic carbocycles. The van der Waals surface area contributed by atoms with Crippen LogP contribution in [0.4, 0.5) is 5.69 Å². The number of nitrogens with zero attached hydrogens (tertiary/aromatic N) is 2. The Morgan fingerprint density at radius 1 is 1.32 bits per heavy atom. The summed E-state index contributed by atoms with van der Waals surface area (Å²) in [4.78, 5) is 29.4. The van der Waals surface area contributed by atoms with Gasteiger partial charge in [-0.1, -0.05) is 6.07 Å². The zero-order valence-electron chi connectivity index (χ0n) is 13.0. The molecule has 3 rings (SSSR count). The highest BCUT2D eigenvalue weighted by atomic mass is 32.2. The van der Waals surface area contributed by atoms with Gasteiger partial charge in [-0.3, -0.25) is 9.59 Å². The molecular formula is C16H21N3O2S. The lowest BCUT2D eigenvalue weighted by atomic mass is 10.1. The number of hydrogen-bond donors (Lipinski definition) is 1. The molecule has 0 saturated carbocycles. The second-order valence-corrected chi connectivity index (χ2v) is 7.32. The molecule has 1 aromatic rings. The predicted molar refractivity (Wildman–Crippen MR) is 88.2 cm³/mol. The van der Waals surface area contributed by atoms with Crippen LogP contribution in [0.1, 0.15) is 12.5 Å². The highest BCUT2D eigenvalue weighted by Gasteiger charge is 2.24. The van der Waals surface area contributed by atoms with Gasteiger partial charge in [-0.15, -0.1) is 11.8 Å². The van der Waals surface area contributed by atoms with E-state index in [-0.39, 0.29) is 17.1 Å². The number of benzene rings is 1. The summed E-state index contributed by atoms with van der Waals surface area (Å²) in [6.45, 7) is 5.35. The summed E-state index contributed by atoms with van der Waals surface area (Å²) in [5, 5.41) is 2.85. The SMILES string of the molecule is CC1Sc2ccc(CC(=O)N3CCN(C)CC3)cc2NC1=O. The van der Waals surface area contributed by atoms with Gasteiger partial charge in [0.2, 0.25) is 11.8 Å². The van der Waals surface area contributed by atoms with Gasteiger partial charge in [0.05, 0.1) is 17.4 Å². The van der Waals surface area contributed by atoms with Gasteiger partial charge in [-0.2, -0.15) is 0 Å². The minimum atomic E-state index is -0.0645. The Bertz CT molecular complexity index is 597. The van der Waals surface area contributed by atoms with E-state index in [0.29, 0.717) is 6.42 Å². The van der Waals surface area contributed by atoms with Gasteiger partial charge in [0.1, 0.15) is 0 Å². The third-order valence-corrected chi connectivity index (χ3v) is 5.36. The highest BCUT2D eigenvalue weighted by Crippen LogP contribution is 2.36. The number of carbonyl (C=O) groups is 2. The Balaban J connectivity index is 1.67. The Morgan fingerprint density at radius 3 is 2.77 bits per heavy atom. The van der Waals surface area contributed by atoms with Crippen molar-refractivity contribution < 1.29 is 9.59 Å². The number of anilines is 1. The summed E-state index contributed by atoms with van der Waals surface area (Å²) in [7, 11) is 2.08. The molecule has 1 N–H and O–H groups in total. The Kier molecular flexibility index (Phi) is 4.40. The highest BCUT2D eigenvalue weighted by molar-refractivity contribution is 8.00. The van der Waals surface area contributed by atoms with Crippen molar-refractivity contribution >= 4 is 29.3 Å². The van der Waals surface area contributed by atoms with Gasteiger partial charge in [-0.05, 0) is 31.7 Å². The first-order valence-corrected chi connectivity index (χ1v) is 8.47. The molecule has 22 heavy (non-hydrogen) atoms. The van der Waals surface area contributed by atoms with E-state index in [4.69, 9.17) is 0 Å². The van der Waals surface area contributed by atoms with Crippen molar-refractivity contribution in [1.82, 2.24) is 9.80 Å². The lowest BCUT2D eigenvalue weighted by molar-refractivity contribution is -0.132. The van der Waals surface area contributed by atoms with Crippen molar-refractivity contribution in [3.63, 3.8) is 0 Å². The van der Waals surface area contributed by atoms with E-state index in [1.54, 1.807) is 11.8 Å². The quantitative estimate of drug-likeness (QED) is 0.896. The molecule has 1 fully saturated rings. The van der Waals surface area contributed by atoms with E-state index in [1.807, 2.05) is 30.0 Å². The van der Waals surface area contributed by atoms with Crippen LogP contribution < -0.4 is 5.32 Å². The maximum absolute atomic E-state index is 12.4. The zero-order valence-corrected chi connectivity index (χ0v) is 13.8. The second-order valence-electron chi connectivity index (χ2n) is 5.94. The Morgan fingerprint density at radius 2 is 2.05 bits per heavy atom. The lowest BCUT2D eigenvalue weighted by Gasteiger charge is -2.32. The van der Waals surface area contributed by atoms with Crippen LogP contribution in [0.25, 0.3) is 0 Å². The molecule has 0 spiro atoms. The van der Waals surface area contributed by atoms with Crippen molar-refractivity contribution in [2.24, 2.45) is 0 Å². The van der Waals surface area contributed by atoms with Crippen molar-refractivity contribution in [2.45, 2.75) is 23.5 Å². The molecule has 0 aromatic heterocycles. The van der Waals surface area contributed by atoms with Gasteiger partial charge >= 0.3 is 0 Å². The van der Waals surface area contributed by atoms with E-state index < -0.39 is 0 Å². The fraction of sp³-hybridized carbons (Fsp3) is 0.500. The van der Waals surface area contributed by atoms with Crippen LogP contribution in [0.5, 0.6) is 0 Å². The summed E-state index contributed by atoms with van der Waals surface area (Å²) < 4.78 is 0. The van der Waals surface area contributed by atoms with Crippen molar-refractivity contribution in [3.05, 3.63) is 23.8 Å². The number of piperazine rings is 1. The summed E-state index contributed by atoms with van der Waals surface area (Å²) in [5.41, 5.74) is 1.79. The molecule has 1 saturated heterocycles. The minimum Gasteiger partial charge on any atom is -0.340 e. The van der Waals surface area contributed by atoms with Crippen LogP contribution in [0, 0.1) is 0 Å². The maximum Gasteiger partial charge on any atom is 0.237 e. The molecule has 1 atom stereocenters. The minimum absolute atomic E-state index is 0.0278. The summed E-state index contributed by atoms with van der Waals surface area (Å²) in [5.74, 6) is 0.191. The monoisotopic (exact) mass is 319 g/mol. The second kappa shape index (κ2) is 6.30. The molecule has 2 aliphatic heterocycles. The van der Waals surface area contributed by atoms with Crippen LogP contribution >= 0.6 is 11.8 Å². The Hall–Kier alpha value is -1.53. The first-order valence-electron chi connectivity index (χ1n) is 7.59. The zero-order chi connectivity index (χ0) is 15.7. The Labute approximate surface area is 135 Å². The summed E-state index contributed by atoms with van der Waals surface area (Å²) >= 11 is 1.56. The molecule has 0 aliphatic carbocycles. The van der Waals surface area contributed by atoms with Crippen molar-refractivity contribution in [3.8, 4) is 0 Å². The maximum atomic E-state index is 12.4. The fourth-order valence-electron chi connectivity index (χ4n) is 2.71. The molecule has 0 bridgehead atoms. The third kappa shape index (κ3) is 3.28. The largest absolute Gasteiger partial charge is 0.340 e. The van der Waals surface area contributed by atoms with Gasteiger partial charge in [-0.25, -0.2) is 0 Å². The summed E-state index contributed by atoms with van der Waals surface area (Å²) in [6, 6.07) is 5.92. The molecule has 118 valence electrons. The molecule has 5 nitrogen and oxygen atoms in total. The van der Waals surface area contributed by atoms with Crippen molar-refractivity contribution in [1.29, 1.82) is 0 Å². The molecule has 2 amide bonds. The number of amides is 2. The standard InChI is InChI=1S/C16H21N3O2S/c1-11-16(21)17-13-9-12(3-4-14(13)22-11)10-15(20)19-7-5-18(2)6-8-19/h3-4,9,11H,5-8,10H2,1-2H3,(H,17,21). The average Bonchev–Trinajstić information content (AvgIpc) is 2.49. The molecule has 6 heteroatoms.